The van der Waals surface area contributed by atoms with E-state index >= 15 is 0 Å². The van der Waals surface area contributed by atoms with E-state index in [2.05, 4.69) is 15.4 Å². The Balaban J connectivity index is 2.08. The van der Waals surface area contributed by atoms with Crippen LogP contribution in [0.2, 0.25) is 0 Å². The van der Waals surface area contributed by atoms with Gasteiger partial charge in [0.1, 0.15) is 5.69 Å². The second-order valence-electron chi connectivity index (χ2n) is 3.70. The Bertz CT molecular complexity index is 461. The van der Waals surface area contributed by atoms with Gasteiger partial charge in [-0.05, 0) is 12.5 Å². The third-order valence-corrected chi connectivity index (χ3v) is 2.86. The molecule has 0 amide bonds. The van der Waals surface area contributed by atoms with Crippen LogP contribution in [0.4, 0.5) is 0 Å². The molecule has 2 heterocycles. The molecule has 2 aromatic rings. The van der Waals surface area contributed by atoms with E-state index < -0.39 is 0 Å². The molecule has 1 atom stereocenters. The van der Waals surface area contributed by atoms with Crippen molar-refractivity contribution in [1.82, 2.24) is 24.8 Å². The van der Waals surface area contributed by atoms with Gasteiger partial charge in [0, 0.05) is 13.2 Å². The average Bonchev–Trinajstić information content (AvgIpc) is 2.87. The number of nitrogens with zero attached hydrogens (tertiary/aromatic N) is 5. The van der Waals surface area contributed by atoms with Gasteiger partial charge in [-0.25, -0.2) is 4.68 Å². The minimum Gasteiger partial charge on any atom is -0.275 e. The molecule has 0 fully saturated rings. The van der Waals surface area contributed by atoms with Crippen molar-refractivity contribution in [3.05, 3.63) is 29.8 Å². The summed E-state index contributed by atoms with van der Waals surface area (Å²) in [5, 5.41) is 12.3. The molecular weight excluding hydrogens is 226 g/mol. The summed E-state index contributed by atoms with van der Waals surface area (Å²) < 4.78 is 3.52. The molecule has 0 aromatic carbocycles. The van der Waals surface area contributed by atoms with E-state index in [9.17, 15) is 0 Å². The minimum absolute atomic E-state index is 0.0579. The molecule has 0 bridgehead atoms. The molecule has 0 aliphatic heterocycles. The second-order valence-corrected chi connectivity index (χ2v) is 4.22. The quantitative estimate of drug-likeness (QED) is 0.764. The zero-order valence-corrected chi connectivity index (χ0v) is 10.1. The van der Waals surface area contributed by atoms with Crippen LogP contribution in [0.25, 0.3) is 0 Å². The highest BCUT2D eigenvalue weighted by Gasteiger charge is 2.10. The molecule has 16 heavy (non-hydrogen) atoms. The summed E-state index contributed by atoms with van der Waals surface area (Å²) in [6.07, 6.45) is 4.63. The lowest BCUT2D eigenvalue weighted by Crippen LogP contribution is -2.02. The van der Waals surface area contributed by atoms with Crippen molar-refractivity contribution in [2.45, 2.75) is 25.3 Å². The van der Waals surface area contributed by atoms with E-state index in [-0.39, 0.29) is 5.38 Å². The minimum atomic E-state index is -0.0579. The topological polar surface area (TPSA) is 48.5 Å². The van der Waals surface area contributed by atoms with E-state index in [1.807, 2.05) is 32.4 Å². The van der Waals surface area contributed by atoms with Crippen molar-refractivity contribution in [1.29, 1.82) is 0 Å². The maximum absolute atomic E-state index is 6.08. The SMILES string of the molecule is CCC(Cl)c1cn(Cc2ccn(C)n2)nn1. The zero-order valence-electron chi connectivity index (χ0n) is 9.34. The van der Waals surface area contributed by atoms with E-state index in [4.69, 9.17) is 11.6 Å². The molecule has 0 N–H and O–H groups in total. The fourth-order valence-corrected chi connectivity index (χ4v) is 1.56. The molecule has 0 saturated heterocycles. The molecule has 1 unspecified atom stereocenters. The van der Waals surface area contributed by atoms with Crippen LogP contribution in [0.3, 0.4) is 0 Å². The van der Waals surface area contributed by atoms with Crippen molar-refractivity contribution in [2.75, 3.05) is 0 Å². The molecule has 0 aliphatic carbocycles. The first-order valence-electron chi connectivity index (χ1n) is 5.21. The van der Waals surface area contributed by atoms with Crippen molar-refractivity contribution in [3.8, 4) is 0 Å². The Labute approximate surface area is 99.0 Å². The highest BCUT2D eigenvalue weighted by Crippen LogP contribution is 2.20. The first kappa shape index (κ1) is 11.1. The average molecular weight is 240 g/mol. The van der Waals surface area contributed by atoms with Gasteiger partial charge in [0.05, 0.1) is 23.8 Å². The van der Waals surface area contributed by atoms with Crippen molar-refractivity contribution >= 4 is 11.6 Å². The first-order chi connectivity index (χ1) is 7.69. The highest BCUT2D eigenvalue weighted by molar-refractivity contribution is 6.20. The van der Waals surface area contributed by atoms with Gasteiger partial charge in [-0.15, -0.1) is 16.7 Å². The van der Waals surface area contributed by atoms with E-state index in [0.717, 1.165) is 17.8 Å². The van der Waals surface area contributed by atoms with E-state index in [1.165, 1.54) is 0 Å². The van der Waals surface area contributed by atoms with Crippen LogP contribution in [0, 0.1) is 0 Å². The van der Waals surface area contributed by atoms with Gasteiger partial charge in [-0.1, -0.05) is 12.1 Å². The predicted molar refractivity (Wildman–Crippen MR) is 61.2 cm³/mol. The molecule has 0 aliphatic rings. The summed E-state index contributed by atoms with van der Waals surface area (Å²) in [6, 6.07) is 1.96. The summed E-state index contributed by atoms with van der Waals surface area (Å²) in [5.74, 6) is 0. The van der Waals surface area contributed by atoms with Gasteiger partial charge in [-0.2, -0.15) is 5.10 Å². The normalized spacial score (nSPS) is 12.9. The van der Waals surface area contributed by atoms with Gasteiger partial charge in [-0.3, -0.25) is 4.68 Å². The molecule has 0 radical (unpaired) electrons. The standard InChI is InChI=1S/C10H14ClN5/c1-3-9(11)10-7-16(14-12-10)6-8-4-5-15(2)13-8/h4-5,7,9H,3,6H2,1-2H3. The van der Waals surface area contributed by atoms with Crippen LogP contribution >= 0.6 is 11.6 Å². The Hall–Kier alpha value is -1.36. The molecule has 0 saturated carbocycles. The number of hydrogen-bond donors (Lipinski definition) is 0. The number of aryl methyl sites for hydroxylation is 1. The summed E-state index contributed by atoms with van der Waals surface area (Å²) in [5.41, 5.74) is 1.78. The zero-order chi connectivity index (χ0) is 11.5. The van der Waals surface area contributed by atoms with Gasteiger partial charge in [0.15, 0.2) is 0 Å². The number of alkyl halides is 1. The van der Waals surface area contributed by atoms with Crippen LogP contribution < -0.4 is 0 Å². The lowest BCUT2D eigenvalue weighted by Gasteiger charge is -1.98. The summed E-state index contributed by atoms with van der Waals surface area (Å²) in [7, 11) is 1.89. The lowest BCUT2D eigenvalue weighted by atomic mass is 10.3. The third-order valence-electron chi connectivity index (χ3n) is 2.33. The third kappa shape index (κ3) is 2.41. The summed E-state index contributed by atoms with van der Waals surface area (Å²) in [6.45, 7) is 2.65. The Kier molecular flexibility index (Phi) is 3.24. The molecule has 2 aromatic heterocycles. The van der Waals surface area contributed by atoms with Gasteiger partial charge in [0.2, 0.25) is 0 Å². The largest absolute Gasteiger partial charge is 0.275 e. The lowest BCUT2D eigenvalue weighted by molar-refractivity contribution is 0.624. The highest BCUT2D eigenvalue weighted by atomic mass is 35.5. The van der Waals surface area contributed by atoms with Gasteiger partial charge < -0.3 is 0 Å². The van der Waals surface area contributed by atoms with Crippen molar-refractivity contribution < 1.29 is 0 Å². The van der Waals surface area contributed by atoms with Crippen LogP contribution in [-0.2, 0) is 13.6 Å². The van der Waals surface area contributed by atoms with Crippen molar-refractivity contribution in [2.24, 2.45) is 7.05 Å². The predicted octanol–water partition coefficient (Wildman–Crippen LogP) is 1.75. The number of hydrogen-bond acceptors (Lipinski definition) is 3. The first-order valence-corrected chi connectivity index (χ1v) is 5.65. The Morgan fingerprint density at radius 2 is 2.31 bits per heavy atom. The van der Waals surface area contributed by atoms with Gasteiger partial charge >= 0.3 is 0 Å². The van der Waals surface area contributed by atoms with Gasteiger partial charge in [0.25, 0.3) is 0 Å². The van der Waals surface area contributed by atoms with Crippen LogP contribution in [0.15, 0.2) is 18.5 Å². The molecule has 2 rings (SSSR count). The van der Waals surface area contributed by atoms with Crippen molar-refractivity contribution in [3.63, 3.8) is 0 Å². The smallest absolute Gasteiger partial charge is 0.101 e. The van der Waals surface area contributed by atoms with Crippen LogP contribution in [0.5, 0.6) is 0 Å². The number of rotatable bonds is 4. The summed E-state index contributed by atoms with van der Waals surface area (Å²) >= 11 is 6.08. The number of halogens is 1. The molecular formula is C10H14ClN5. The van der Waals surface area contributed by atoms with Crippen LogP contribution in [-0.4, -0.2) is 24.8 Å². The maximum atomic E-state index is 6.08. The second kappa shape index (κ2) is 4.65. The molecule has 5 nitrogen and oxygen atoms in total. The molecule has 0 spiro atoms. The van der Waals surface area contributed by atoms with E-state index in [1.54, 1.807) is 9.36 Å². The fraction of sp³-hybridized carbons (Fsp3) is 0.500. The Morgan fingerprint density at radius 1 is 1.50 bits per heavy atom. The van der Waals surface area contributed by atoms with E-state index in [0.29, 0.717) is 6.54 Å². The number of aromatic nitrogens is 5. The Morgan fingerprint density at radius 3 is 2.94 bits per heavy atom. The maximum Gasteiger partial charge on any atom is 0.101 e. The monoisotopic (exact) mass is 239 g/mol. The fourth-order valence-electron chi connectivity index (χ4n) is 1.46. The summed E-state index contributed by atoms with van der Waals surface area (Å²) in [4.78, 5) is 0. The molecule has 6 heteroatoms. The van der Waals surface area contributed by atoms with Crippen LogP contribution in [0.1, 0.15) is 30.1 Å². The molecule has 86 valence electrons.